The zero-order chi connectivity index (χ0) is 10.4. The van der Waals surface area contributed by atoms with Crippen LogP contribution in [0, 0.1) is 11.3 Å². The van der Waals surface area contributed by atoms with E-state index in [0.717, 1.165) is 6.42 Å². The zero-order valence-corrected chi connectivity index (χ0v) is 8.50. The summed E-state index contributed by atoms with van der Waals surface area (Å²) in [5, 5.41) is 8.69. The van der Waals surface area contributed by atoms with E-state index in [9.17, 15) is 4.79 Å². The molecular weight excluding hydrogens is 164 g/mol. The van der Waals surface area contributed by atoms with Crippen molar-refractivity contribution in [3.63, 3.8) is 0 Å². The van der Waals surface area contributed by atoms with Gasteiger partial charge in [0.05, 0.1) is 6.07 Å². The SMILES string of the molecule is C=C(C)C(=O)N(CCC)C(C)C#N. The molecule has 0 saturated carbocycles. The molecule has 72 valence electrons. The van der Waals surface area contributed by atoms with Gasteiger partial charge in [-0.1, -0.05) is 13.5 Å². The van der Waals surface area contributed by atoms with Crippen LogP contribution >= 0.6 is 0 Å². The van der Waals surface area contributed by atoms with Gasteiger partial charge in [0, 0.05) is 12.1 Å². The van der Waals surface area contributed by atoms with Crippen LogP contribution in [0.1, 0.15) is 27.2 Å². The minimum absolute atomic E-state index is 0.129. The molecule has 0 saturated heterocycles. The quantitative estimate of drug-likeness (QED) is 0.618. The minimum atomic E-state index is -0.371. The summed E-state index contributed by atoms with van der Waals surface area (Å²) in [6.07, 6.45) is 0.852. The Morgan fingerprint density at radius 3 is 2.54 bits per heavy atom. The molecule has 0 heterocycles. The number of rotatable bonds is 4. The molecule has 1 amide bonds. The Morgan fingerprint density at radius 2 is 2.23 bits per heavy atom. The van der Waals surface area contributed by atoms with Gasteiger partial charge in [0.25, 0.3) is 0 Å². The highest BCUT2D eigenvalue weighted by Crippen LogP contribution is 2.05. The molecule has 0 aromatic rings. The van der Waals surface area contributed by atoms with E-state index in [1.54, 1.807) is 18.7 Å². The van der Waals surface area contributed by atoms with Gasteiger partial charge in [-0.05, 0) is 20.3 Å². The van der Waals surface area contributed by atoms with Crippen molar-refractivity contribution in [2.75, 3.05) is 6.54 Å². The summed E-state index contributed by atoms with van der Waals surface area (Å²) in [7, 11) is 0. The molecule has 0 spiro atoms. The van der Waals surface area contributed by atoms with Crippen molar-refractivity contribution in [2.24, 2.45) is 0 Å². The Morgan fingerprint density at radius 1 is 1.69 bits per heavy atom. The van der Waals surface area contributed by atoms with Gasteiger partial charge in [-0.15, -0.1) is 0 Å². The van der Waals surface area contributed by atoms with Gasteiger partial charge in [-0.3, -0.25) is 4.79 Å². The maximum Gasteiger partial charge on any atom is 0.249 e. The summed E-state index contributed by atoms with van der Waals surface area (Å²) in [6.45, 7) is 9.54. The lowest BCUT2D eigenvalue weighted by Crippen LogP contribution is -2.38. The molecule has 3 nitrogen and oxygen atoms in total. The lowest BCUT2D eigenvalue weighted by molar-refractivity contribution is -0.128. The van der Waals surface area contributed by atoms with Gasteiger partial charge in [0.1, 0.15) is 6.04 Å². The van der Waals surface area contributed by atoms with Gasteiger partial charge in [0.15, 0.2) is 0 Å². The van der Waals surface area contributed by atoms with E-state index in [-0.39, 0.29) is 11.9 Å². The van der Waals surface area contributed by atoms with Gasteiger partial charge in [-0.25, -0.2) is 0 Å². The van der Waals surface area contributed by atoms with Crippen molar-refractivity contribution in [2.45, 2.75) is 33.2 Å². The highest BCUT2D eigenvalue weighted by Gasteiger charge is 2.18. The third-order valence-electron chi connectivity index (χ3n) is 1.74. The first kappa shape index (κ1) is 11.7. The predicted molar refractivity (Wildman–Crippen MR) is 51.9 cm³/mol. The highest BCUT2D eigenvalue weighted by atomic mass is 16.2. The largest absolute Gasteiger partial charge is 0.323 e. The second-order valence-electron chi connectivity index (χ2n) is 3.08. The lowest BCUT2D eigenvalue weighted by atomic mass is 10.2. The molecule has 13 heavy (non-hydrogen) atoms. The van der Waals surface area contributed by atoms with Crippen LogP contribution in [0.4, 0.5) is 0 Å². The highest BCUT2D eigenvalue weighted by molar-refractivity contribution is 5.92. The fourth-order valence-corrected chi connectivity index (χ4v) is 1.03. The summed E-state index contributed by atoms with van der Waals surface area (Å²) in [5.74, 6) is -0.129. The fraction of sp³-hybridized carbons (Fsp3) is 0.600. The van der Waals surface area contributed by atoms with Crippen LogP contribution in [0.2, 0.25) is 0 Å². The molecule has 0 bridgehead atoms. The molecule has 0 aliphatic rings. The van der Waals surface area contributed by atoms with Crippen LogP contribution in [-0.2, 0) is 4.79 Å². The molecule has 3 heteroatoms. The fourth-order valence-electron chi connectivity index (χ4n) is 1.03. The third-order valence-corrected chi connectivity index (χ3v) is 1.74. The van der Waals surface area contributed by atoms with Crippen molar-refractivity contribution < 1.29 is 4.79 Å². The number of hydrogen-bond acceptors (Lipinski definition) is 2. The Labute approximate surface area is 79.6 Å². The number of carbonyl (C=O) groups is 1. The molecule has 0 aromatic heterocycles. The van der Waals surface area contributed by atoms with Crippen molar-refractivity contribution in [1.82, 2.24) is 4.90 Å². The predicted octanol–water partition coefficient (Wildman–Crippen LogP) is 1.71. The van der Waals surface area contributed by atoms with Crippen LogP contribution < -0.4 is 0 Å². The average Bonchev–Trinajstić information content (AvgIpc) is 2.11. The Hall–Kier alpha value is -1.30. The van der Waals surface area contributed by atoms with E-state index in [1.807, 2.05) is 13.0 Å². The molecule has 0 N–H and O–H groups in total. The van der Waals surface area contributed by atoms with E-state index >= 15 is 0 Å². The minimum Gasteiger partial charge on any atom is -0.323 e. The van der Waals surface area contributed by atoms with Gasteiger partial charge >= 0.3 is 0 Å². The number of carbonyl (C=O) groups excluding carboxylic acids is 1. The van der Waals surface area contributed by atoms with Crippen molar-refractivity contribution in [3.8, 4) is 6.07 Å². The molecule has 0 radical (unpaired) electrons. The van der Waals surface area contributed by atoms with Crippen molar-refractivity contribution in [1.29, 1.82) is 5.26 Å². The van der Waals surface area contributed by atoms with E-state index in [4.69, 9.17) is 5.26 Å². The Balaban J connectivity index is 4.52. The Bertz CT molecular complexity index is 240. The number of hydrogen-bond donors (Lipinski definition) is 0. The number of nitrogens with zero attached hydrogens (tertiary/aromatic N) is 2. The molecule has 1 unspecified atom stereocenters. The van der Waals surface area contributed by atoms with Crippen LogP contribution in [-0.4, -0.2) is 23.4 Å². The topological polar surface area (TPSA) is 44.1 Å². The molecule has 1 atom stereocenters. The standard InChI is InChI=1S/C10H16N2O/c1-5-6-12(9(4)7-11)10(13)8(2)3/h9H,2,5-6H2,1,3-4H3. The average molecular weight is 180 g/mol. The first-order chi connectivity index (χ1) is 6.04. The summed E-state index contributed by atoms with van der Waals surface area (Å²) < 4.78 is 0. The third kappa shape index (κ3) is 3.29. The second kappa shape index (κ2) is 5.36. The van der Waals surface area contributed by atoms with E-state index in [2.05, 4.69) is 6.58 Å². The molecule has 0 fully saturated rings. The first-order valence-electron chi connectivity index (χ1n) is 4.40. The van der Waals surface area contributed by atoms with Crippen LogP contribution in [0.5, 0.6) is 0 Å². The van der Waals surface area contributed by atoms with Gasteiger partial charge in [0.2, 0.25) is 5.91 Å². The van der Waals surface area contributed by atoms with Gasteiger partial charge < -0.3 is 4.90 Å². The zero-order valence-electron chi connectivity index (χ0n) is 8.50. The Kier molecular flexibility index (Phi) is 4.83. The van der Waals surface area contributed by atoms with E-state index in [1.165, 1.54) is 0 Å². The smallest absolute Gasteiger partial charge is 0.249 e. The monoisotopic (exact) mass is 180 g/mol. The lowest BCUT2D eigenvalue weighted by Gasteiger charge is -2.24. The molecule has 0 rings (SSSR count). The van der Waals surface area contributed by atoms with Crippen LogP contribution in [0.15, 0.2) is 12.2 Å². The van der Waals surface area contributed by atoms with Crippen molar-refractivity contribution in [3.05, 3.63) is 12.2 Å². The van der Waals surface area contributed by atoms with Crippen LogP contribution in [0.25, 0.3) is 0 Å². The van der Waals surface area contributed by atoms with E-state index < -0.39 is 0 Å². The maximum atomic E-state index is 11.5. The van der Waals surface area contributed by atoms with Crippen molar-refractivity contribution >= 4 is 5.91 Å². The summed E-state index contributed by atoms with van der Waals surface area (Å²) in [4.78, 5) is 13.1. The van der Waals surface area contributed by atoms with E-state index in [0.29, 0.717) is 12.1 Å². The van der Waals surface area contributed by atoms with Gasteiger partial charge in [-0.2, -0.15) is 5.26 Å². The first-order valence-corrected chi connectivity index (χ1v) is 4.40. The molecular formula is C10H16N2O. The second-order valence-corrected chi connectivity index (χ2v) is 3.08. The van der Waals surface area contributed by atoms with Crippen LogP contribution in [0.3, 0.4) is 0 Å². The molecule has 0 aliphatic carbocycles. The summed E-state index contributed by atoms with van der Waals surface area (Å²) >= 11 is 0. The number of amides is 1. The molecule has 0 aliphatic heterocycles. The summed E-state index contributed by atoms with van der Waals surface area (Å²) in [5.41, 5.74) is 0.482. The summed E-state index contributed by atoms with van der Waals surface area (Å²) in [6, 6.07) is 1.68. The molecule has 0 aromatic carbocycles. The maximum absolute atomic E-state index is 11.5. The number of nitriles is 1. The normalized spacial score (nSPS) is 11.5.